The van der Waals surface area contributed by atoms with Gasteiger partial charge in [-0.25, -0.2) is 9.97 Å². The van der Waals surface area contributed by atoms with Crippen LogP contribution in [-0.4, -0.2) is 21.1 Å². The molecule has 0 aliphatic carbocycles. The summed E-state index contributed by atoms with van der Waals surface area (Å²) in [6, 6.07) is 51.5. The third-order valence-corrected chi connectivity index (χ3v) is 10.4. The molecule has 0 saturated carbocycles. The number of phenols is 1. The number of aromatic hydroxyl groups is 1. The van der Waals surface area contributed by atoms with Crippen molar-refractivity contribution in [3.8, 4) is 50.5 Å². The van der Waals surface area contributed by atoms with Crippen LogP contribution in [0.5, 0.6) is 5.75 Å². The van der Waals surface area contributed by atoms with Crippen molar-refractivity contribution in [2.45, 2.75) is 78.7 Å². The molecule has 5 aromatic carbocycles. The maximum absolute atomic E-state index is 12.0. The van der Waals surface area contributed by atoms with Crippen LogP contribution >= 0.6 is 0 Å². The van der Waals surface area contributed by atoms with Crippen molar-refractivity contribution < 1.29 is 5.11 Å². The van der Waals surface area contributed by atoms with Gasteiger partial charge < -0.3 is 10.0 Å². The summed E-state index contributed by atoms with van der Waals surface area (Å²) in [7, 11) is 0. The number of nitrogens with zero attached hydrogens (tertiary/aromatic N) is 3. The lowest BCUT2D eigenvalue weighted by Crippen LogP contribution is -2.26. The Labute approximate surface area is 333 Å². The molecule has 0 saturated heterocycles. The van der Waals surface area contributed by atoms with Crippen LogP contribution < -0.4 is 4.90 Å². The van der Waals surface area contributed by atoms with Gasteiger partial charge >= 0.3 is 0 Å². The first-order valence-corrected chi connectivity index (χ1v) is 19.7. The fourth-order valence-corrected chi connectivity index (χ4v) is 7.35. The molecule has 0 unspecified atom stereocenters. The zero-order chi connectivity index (χ0) is 39.6. The molecule has 0 aliphatic rings. The molecule has 0 fully saturated rings. The molecule has 2 heterocycles. The standard InChI is InChI=1S/C52H53N3O/c1-35(2)55(49-21-15-16-26-53-49)44-29-40(39-24-22-37(23-25-39)27-36-17-11-9-12-18-36)28-42(30-44)47-31-41(38-19-13-10-14-20-38)32-48(54-47)45-33-43(51(3,4)5)34-46(50(45)56)52(6,7)8/h9-26,28-35,56H,27H2,1-8H3. The van der Waals surface area contributed by atoms with Crippen molar-refractivity contribution in [3.05, 3.63) is 174 Å². The van der Waals surface area contributed by atoms with Gasteiger partial charge in [-0.1, -0.05) is 139 Å². The highest BCUT2D eigenvalue weighted by Crippen LogP contribution is 2.44. The van der Waals surface area contributed by atoms with Crippen LogP contribution in [-0.2, 0) is 17.3 Å². The Morgan fingerprint density at radius 2 is 1.14 bits per heavy atom. The lowest BCUT2D eigenvalue weighted by Gasteiger charge is -2.29. The number of phenolic OH excluding ortho intramolecular Hbond substituents is 1. The smallest absolute Gasteiger partial charge is 0.133 e. The summed E-state index contributed by atoms with van der Waals surface area (Å²) >= 11 is 0. The van der Waals surface area contributed by atoms with E-state index in [0.717, 1.165) is 73.8 Å². The summed E-state index contributed by atoms with van der Waals surface area (Å²) < 4.78 is 0. The quantitative estimate of drug-likeness (QED) is 0.160. The lowest BCUT2D eigenvalue weighted by molar-refractivity contribution is 0.446. The first kappa shape index (κ1) is 38.3. The molecule has 2 aromatic heterocycles. The zero-order valence-electron chi connectivity index (χ0n) is 34.0. The van der Waals surface area contributed by atoms with E-state index >= 15 is 0 Å². The molecule has 7 rings (SSSR count). The molecule has 0 spiro atoms. The monoisotopic (exact) mass is 735 g/mol. The second kappa shape index (κ2) is 15.6. The number of benzene rings is 5. The summed E-state index contributed by atoms with van der Waals surface area (Å²) in [5, 5.41) is 12.0. The van der Waals surface area contributed by atoms with E-state index < -0.39 is 0 Å². The van der Waals surface area contributed by atoms with Gasteiger partial charge in [0.2, 0.25) is 0 Å². The second-order valence-electron chi connectivity index (χ2n) is 17.2. The topological polar surface area (TPSA) is 49.2 Å². The largest absolute Gasteiger partial charge is 0.507 e. The minimum absolute atomic E-state index is 0.131. The molecule has 4 nitrogen and oxygen atoms in total. The molecule has 56 heavy (non-hydrogen) atoms. The summed E-state index contributed by atoms with van der Waals surface area (Å²) in [6.07, 6.45) is 2.73. The third-order valence-electron chi connectivity index (χ3n) is 10.4. The normalized spacial score (nSPS) is 11.9. The maximum atomic E-state index is 12.0. The minimum Gasteiger partial charge on any atom is -0.507 e. The van der Waals surface area contributed by atoms with E-state index in [2.05, 4.69) is 188 Å². The highest BCUT2D eigenvalue weighted by molar-refractivity contribution is 5.84. The van der Waals surface area contributed by atoms with E-state index in [9.17, 15) is 5.11 Å². The molecule has 0 bridgehead atoms. The van der Waals surface area contributed by atoms with E-state index in [-0.39, 0.29) is 22.6 Å². The average Bonchev–Trinajstić information content (AvgIpc) is 3.18. The first-order valence-electron chi connectivity index (χ1n) is 19.7. The minimum atomic E-state index is -0.272. The summed E-state index contributed by atoms with van der Waals surface area (Å²) in [5.41, 5.74) is 12.9. The molecular weight excluding hydrogens is 683 g/mol. The predicted octanol–water partition coefficient (Wildman–Crippen LogP) is 13.6. The van der Waals surface area contributed by atoms with E-state index in [1.165, 1.54) is 11.1 Å². The Kier molecular flexibility index (Phi) is 10.7. The van der Waals surface area contributed by atoms with Gasteiger partial charge in [0, 0.05) is 34.6 Å². The van der Waals surface area contributed by atoms with E-state index in [4.69, 9.17) is 9.97 Å². The Bertz CT molecular complexity index is 2420. The summed E-state index contributed by atoms with van der Waals surface area (Å²) in [4.78, 5) is 12.5. The predicted molar refractivity (Wildman–Crippen MR) is 236 cm³/mol. The van der Waals surface area contributed by atoms with Crippen LogP contribution in [0.1, 0.15) is 77.6 Å². The highest BCUT2D eigenvalue weighted by Gasteiger charge is 2.27. The molecule has 4 heteroatoms. The van der Waals surface area contributed by atoms with Gasteiger partial charge in [-0.3, -0.25) is 0 Å². The molecule has 7 aromatic rings. The van der Waals surface area contributed by atoms with E-state index in [0.29, 0.717) is 0 Å². The SMILES string of the molecule is CC(C)N(c1cc(-c2ccc(Cc3ccccc3)cc2)cc(-c2cc(-c3ccccc3)cc(-c3cc(C(C)(C)C)cc(C(C)(C)C)c3O)n2)c1)c1ccccn1. The number of hydrogen-bond donors (Lipinski definition) is 1. The van der Waals surface area contributed by atoms with Crippen molar-refractivity contribution in [1.29, 1.82) is 0 Å². The number of aromatic nitrogens is 2. The van der Waals surface area contributed by atoms with Crippen LogP contribution in [0.15, 0.2) is 152 Å². The fraction of sp³-hybridized carbons (Fsp3) is 0.231. The van der Waals surface area contributed by atoms with Gasteiger partial charge in [-0.05, 0) is 119 Å². The van der Waals surface area contributed by atoms with Crippen LogP contribution in [0.4, 0.5) is 11.5 Å². The number of anilines is 2. The molecule has 282 valence electrons. The van der Waals surface area contributed by atoms with Gasteiger partial charge in [0.15, 0.2) is 0 Å². The Balaban J connectivity index is 1.45. The van der Waals surface area contributed by atoms with Gasteiger partial charge in [0.1, 0.15) is 11.6 Å². The van der Waals surface area contributed by atoms with Gasteiger partial charge in [0.25, 0.3) is 0 Å². The Morgan fingerprint density at radius 1 is 0.554 bits per heavy atom. The van der Waals surface area contributed by atoms with Crippen LogP contribution in [0.25, 0.3) is 44.8 Å². The third kappa shape index (κ3) is 8.45. The average molecular weight is 736 g/mol. The van der Waals surface area contributed by atoms with Crippen LogP contribution in [0, 0.1) is 0 Å². The molecule has 0 aliphatic heterocycles. The number of pyridine rings is 2. The second-order valence-corrected chi connectivity index (χ2v) is 17.2. The van der Waals surface area contributed by atoms with Crippen molar-refractivity contribution in [3.63, 3.8) is 0 Å². The fourth-order valence-electron chi connectivity index (χ4n) is 7.35. The zero-order valence-corrected chi connectivity index (χ0v) is 34.0. The van der Waals surface area contributed by atoms with Crippen molar-refractivity contribution in [1.82, 2.24) is 9.97 Å². The summed E-state index contributed by atoms with van der Waals surface area (Å²) in [6.45, 7) is 17.5. The van der Waals surface area contributed by atoms with Crippen LogP contribution in [0.3, 0.4) is 0 Å². The maximum Gasteiger partial charge on any atom is 0.133 e. The number of rotatable bonds is 9. The van der Waals surface area contributed by atoms with Crippen molar-refractivity contribution >= 4 is 11.5 Å². The molecule has 0 amide bonds. The van der Waals surface area contributed by atoms with Crippen molar-refractivity contribution in [2.75, 3.05) is 4.90 Å². The Morgan fingerprint density at radius 3 is 1.77 bits per heavy atom. The molecule has 0 radical (unpaired) electrons. The molecule has 1 N–H and O–H groups in total. The van der Waals surface area contributed by atoms with Gasteiger partial charge in [-0.15, -0.1) is 0 Å². The van der Waals surface area contributed by atoms with Crippen LogP contribution in [0.2, 0.25) is 0 Å². The van der Waals surface area contributed by atoms with Crippen molar-refractivity contribution in [2.24, 2.45) is 0 Å². The van der Waals surface area contributed by atoms with E-state index in [1.54, 1.807) is 0 Å². The van der Waals surface area contributed by atoms with Gasteiger partial charge in [-0.2, -0.15) is 0 Å². The lowest BCUT2D eigenvalue weighted by atomic mass is 9.78. The van der Waals surface area contributed by atoms with E-state index in [1.807, 2.05) is 24.4 Å². The number of hydrogen-bond acceptors (Lipinski definition) is 4. The highest BCUT2D eigenvalue weighted by atomic mass is 16.3. The summed E-state index contributed by atoms with van der Waals surface area (Å²) in [5.74, 6) is 1.16. The molecular formula is C52H53N3O. The Hall–Kier alpha value is -6.00. The first-order chi connectivity index (χ1) is 26.7. The van der Waals surface area contributed by atoms with Gasteiger partial charge in [0.05, 0.1) is 11.4 Å². The molecule has 0 atom stereocenters.